The summed E-state index contributed by atoms with van der Waals surface area (Å²) in [6.45, 7) is 15.2. The number of anilines is 1. The Morgan fingerprint density at radius 1 is 1.21 bits per heavy atom. The van der Waals surface area contributed by atoms with E-state index in [9.17, 15) is 4.39 Å². The minimum atomic E-state index is -1.94. The van der Waals surface area contributed by atoms with Gasteiger partial charge < -0.3 is 19.4 Å². The smallest absolute Gasteiger partial charge is 0.204 e. The minimum absolute atomic E-state index is 0.119. The maximum Gasteiger partial charge on any atom is 0.204 e. The number of hydrogen-bond acceptors (Lipinski definition) is 5. The molecule has 0 unspecified atom stereocenters. The van der Waals surface area contributed by atoms with Crippen LogP contribution in [0.2, 0.25) is 18.1 Å². The Balaban J connectivity index is 1.41. The summed E-state index contributed by atoms with van der Waals surface area (Å²) in [4.78, 5) is 14.1. The number of fused-ring (bicyclic) bond motifs is 2. The molecule has 1 N–H and O–H groups in total. The third-order valence-electron chi connectivity index (χ3n) is 7.81. The summed E-state index contributed by atoms with van der Waals surface area (Å²) in [5.41, 5.74) is 5.49. The van der Waals surface area contributed by atoms with Crippen molar-refractivity contribution >= 4 is 42.6 Å². The maximum atomic E-state index is 14.7. The van der Waals surface area contributed by atoms with E-state index in [1.807, 2.05) is 25.3 Å². The molecule has 0 spiro atoms. The van der Waals surface area contributed by atoms with E-state index in [1.165, 1.54) is 6.07 Å². The lowest BCUT2D eigenvalue weighted by atomic mass is 10.0. The van der Waals surface area contributed by atoms with Gasteiger partial charge in [-0.15, -0.1) is 0 Å². The van der Waals surface area contributed by atoms with Gasteiger partial charge in [-0.1, -0.05) is 20.8 Å². The molecule has 2 aromatic rings. The predicted octanol–water partition coefficient (Wildman–Crippen LogP) is 6.34. The second-order valence-corrected chi connectivity index (χ2v) is 17.2. The molecule has 0 saturated carbocycles. The molecular formula is C28H35FIN5O2Si. The van der Waals surface area contributed by atoms with Gasteiger partial charge >= 0.3 is 0 Å². The van der Waals surface area contributed by atoms with Crippen molar-refractivity contribution in [3.05, 3.63) is 74.3 Å². The molecular weight excluding hydrogens is 612 g/mol. The zero-order valence-electron chi connectivity index (χ0n) is 22.9. The van der Waals surface area contributed by atoms with Gasteiger partial charge in [-0.05, 0) is 78.0 Å². The molecule has 0 aliphatic carbocycles. The van der Waals surface area contributed by atoms with Crippen LogP contribution in [0, 0.1) is 12.7 Å². The second-order valence-electron chi connectivity index (χ2n) is 11.4. The first-order valence-electron chi connectivity index (χ1n) is 12.9. The van der Waals surface area contributed by atoms with E-state index in [1.54, 1.807) is 6.07 Å². The molecule has 1 aromatic carbocycles. The van der Waals surface area contributed by atoms with E-state index in [4.69, 9.17) is 19.1 Å². The van der Waals surface area contributed by atoms with Crippen LogP contribution in [0.1, 0.15) is 43.3 Å². The van der Waals surface area contributed by atoms with Crippen LogP contribution in [0.4, 0.5) is 10.1 Å². The Morgan fingerprint density at radius 3 is 2.76 bits per heavy atom. The molecule has 4 heterocycles. The molecule has 0 saturated heterocycles. The SMILES string of the molecule is Cc1ccc(N2CN3C(=NCc4c(F)ccc5c4CCO5)NC=CC3=C2I)c(CO[Si](C)(C)C(C)(C)C)n1. The standard InChI is InChI=1S/C28H35FIN5O2Si/c1-18-7-9-23(22(33-18)16-37-38(5,6)28(2,3)4)34-17-35-24(26(34)30)11-13-31-27(35)32-15-20-19-12-14-36-25(19)10-8-21(20)29/h7-11,13H,12,14-17H2,1-6H3,(H,31,32). The molecule has 10 heteroatoms. The number of benzene rings is 1. The van der Waals surface area contributed by atoms with Gasteiger partial charge in [0.05, 0.1) is 36.8 Å². The van der Waals surface area contributed by atoms with Gasteiger partial charge in [0.1, 0.15) is 21.9 Å². The number of guanidine groups is 1. The second kappa shape index (κ2) is 10.3. The average molecular weight is 648 g/mol. The third kappa shape index (κ3) is 5.09. The van der Waals surface area contributed by atoms with Crippen molar-refractivity contribution in [3.8, 4) is 5.75 Å². The number of allylic oxidation sites excluding steroid dienone is 1. The fraction of sp³-hybridized carbons (Fsp3) is 0.429. The predicted molar refractivity (Wildman–Crippen MR) is 160 cm³/mol. The fourth-order valence-corrected chi connectivity index (χ4v) is 6.33. The van der Waals surface area contributed by atoms with Crippen LogP contribution >= 0.6 is 22.6 Å². The molecule has 7 nitrogen and oxygen atoms in total. The quantitative estimate of drug-likeness (QED) is 0.224. The summed E-state index contributed by atoms with van der Waals surface area (Å²) >= 11 is 2.39. The van der Waals surface area contributed by atoms with Crippen molar-refractivity contribution in [2.45, 2.75) is 65.4 Å². The molecule has 0 bridgehead atoms. The summed E-state index contributed by atoms with van der Waals surface area (Å²) in [5, 5.41) is 3.39. The summed E-state index contributed by atoms with van der Waals surface area (Å²) in [5.74, 6) is 1.21. The van der Waals surface area contributed by atoms with Gasteiger partial charge in [-0.25, -0.2) is 9.38 Å². The summed E-state index contributed by atoms with van der Waals surface area (Å²) in [6, 6.07) is 7.35. The van der Waals surface area contributed by atoms with Gasteiger partial charge in [-0.2, -0.15) is 0 Å². The number of nitrogens with one attached hydrogen (secondary N) is 1. The highest BCUT2D eigenvalue weighted by Crippen LogP contribution is 2.40. The zero-order valence-corrected chi connectivity index (χ0v) is 26.0. The first-order chi connectivity index (χ1) is 18.0. The average Bonchev–Trinajstić information content (AvgIpc) is 3.47. The van der Waals surface area contributed by atoms with E-state index >= 15 is 0 Å². The Morgan fingerprint density at radius 2 is 2.00 bits per heavy atom. The Kier molecular flexibility index (Phi) is 7.33. The number of rotatable bonds is 6. The minimum Gasteiger partial charge on any atom is -0.493 e. The summed E-state index contributed by atoms with van der Waals surface area (Å²) < 4.78 is 28.0. The van der Waals surface area contributed by atoms with Crippen molar-refractivity contribution in [2.24, 2.45) is 4.99 Å². The first-order valence-corrected chi connectivity index (χ1v) is 16.9. The van der Waals surface area contributed by atoms with E-state index < -0.39 is 8.32 Å². The highest BCUT2D eigenvalue weighted by molar-refractivity contribution is 14.1. The third-order valence-corrected chi connectivity index (χ3v) is 13.4. The van der Waals surface area contributed by atoms with Crippen molar-refractivity contribution < 1.29 is 13.6 Å². The summed E-state index contributed by atoms with van der Waals surface area (Å²) in [6.07, 6.45) is 4.64. The molecule has 0 atom stereocenters. The zero-order chi connectivity index (χ0) is 27.2. The molecule has 3 aliphatic rings. The van der Waals surface area contributed by atoms with Crippen LogP contribution in [0.15, 0.2) is 50.9 Å². The Hall–Kier alpha value is -2.44. The molecule has 0 radical (unpaired) electrons. The molecule has 1 aromatic heterocycles. The number of aromatic nitrogens is 1. The molecule has 38 heavy (non-hydrogen) atoms. The molecule has 0 amide bonds. The number of hydrogen-bond donors (Lipinski definition) is 1. The van der Waals surface area contributed by atoms with Crippen LogP contribution < -0.4 is 15.0 Å². The molecule has 202 valence electrons. The number of halogens is 2. The molecule has 3 aliphatic heterocycles. The maximum absolute atomic E-state index is 14.7. The lowest BCUT2D eigenvalue weighted by Gasteiger charge is -2.36. The van der Waals surface area contributed by atoms with Crippen molar-refractivity contribution in [1.82, 2.24) is 15.2 Å². The first kappa shape index (κ1) is 27.1. The highest BCUT2D eigenvalue weighted by atomic mass is 127. The van der Waals surface area contributed by atoms with Gasteiger partial charge in [0.25, 0.3) is 0 Å². The normalized spacial score (nSPS) is 18.2. The number of aliphatic imine (C=N–C) groups is 1. The largest absolute Gasteiger partial charge is 0.493 e. The monoisotopic (exact) mass is 647 g/mol. The van der Waals surface area contributed by atoms with Crippen LogP contribution in [0.5, 0.6) is 5.75 Å². The van der Waals surface area contributed by atoms with Crippen molar-refractivity contribution in [1.29, 1.82) is 0 Å². The van der Waals surface area contributed by atoms with Gasteiger partial charge in [0, 0.05) is 29.4 Å². The number of aryl methyl sites for hydroxylation is 1. The number of pyridine rings is 1. The van der Waals surface area contributed by atoms with Crippen LogP contribution in [0.3, 0.4) is 0 Å². The van der Waals surface area contributed by atoms with Crippen LogP contribution in [0.25, 0.3) is 0 Å². The van der Waals surface area contributed by atoms with Crippen LogP contribution in [-0.2, 0) is 24.0 Å². The van der Waals surface area contributed by atoms with Crippen molar-refractivity contribution in [2.75, 3.05) is 18.2 Å². The van der Waals surface area contributed by atoms with Gasteiger partial charge in [0.2, 0.25) is 5.96 Å². The van der Waals surface area contributed by atoms with E-state index in [0.29, 0.717) is 37.8 Å². The number of ether oxygens (including phenoxy) is 1. The van der Waals surface area contributed by atoms with Gasteiger partial charge in [0.15, 0.2) is 8.32 Å². The van der Waals surface area contributed by atoms with Crippen molar-refractivity contribution in [3.63, 3.8) is 0 Å². The van der Waals surface area contributed by atoms with Gasteiger partial charge in [-0.3, -0.25) is 9.88 Å². The Bertz CT molecular complexity index is 1350. The van der Waals surface area contributed by atoms with E-state index in [2.05, 4.69) is 77.6 Å². The molecule has 0 fully saturated rings. The van der Waals surface area contributed by atoms with E-state index in [0.717, 1.165) is 37.8 Å². The highest BCUT2D eigenvalue weighted by Gasteiger charge is 2.38. The Labute approximate surface area is 239 Å². The van der Waals surface area contributed by atoms with Crippen LogP contribution in [-0.4, -0.2) is 37.4 Å². The lowest BCUT2D eigenvalue weighted by Crippen LogP contribution is -2.42. The fourth-order valence-electron chi connectivity index (χ4n) is 4.52. The topological polar surface area (TPSA) is 62.2 Å². The number of nitrogens with zero attached hydrogens (tertiary/aromatic N) is 4. The summed E-state index contributed by atoms with van der Waals surface area (Å²) in [7, 11) is -1.94. The molecule has 5 rings (SSSR count). The lowest BCUT2D eigenvalue weighted by molar-refractivity contribution is 0.272. The van der Waals surface area contributed by atoms with E-state index in [-0.39, 0.29) is 17.4 Å².